The maximum Gasteiger partial charge on any atom is 0.408 e. The minimum absolute atomic E-state index is 0.420. The first-order valence-electron chi connectivity index (χ1n) is 7.01. The molecule has 22 heavy (non-hydrogen) atoms. The van der Waals surface area contributed by atoms with Gasteiger partial charge in [0.25, 0.3) is 10.1 Å². The third kappa shape index (κ3) is 4.45. The highest BCUT2D eigenvalue weighted by molar-refractivity contribution is 7.86. The van der Waals surface area contributed by atoms with Gasteiger partial charge in [-0.2, -0.15) is 8.42 Å². The van der Waals surface area contributed by atoms with Crippen molar-refractivity contribution in [2.75, 3.05) is 6.26 Å². The Bertz CT molecular complexity index is 663. The molecular weight excluding hydrogens is 306 g/mol. The van der Waals surface area contributed by atoms with E-state index in [1.807, 2.05) is 24.3 Å². The number of alkyl carbamates (subject to hydrolysis) is 1. The molecule has 0 aliphatic heterocycles. The van der Waals surface area contributed by atoms with Crippen LogP contribution in [0.1, 0.15) is 37.9 Å². The minimum atomic E-state index is -3.62. The second-order valence-corrected chi connectivity index (χ2v) is 7.97. The predicted molar refractivity (Wildman–Crippen MR) is 82.0 cm³/mol. The SMILES string of the molecule is CC(C)(C)OC(=O)N[C@H]1c2ccccc2C[C@@H]1OS(C)(=O)=O. The van der Waals surface area contributed by atoms with Gasteiger partial charge in [0.15, 0.2) is 0 Å². The van der Waals surface area contributed by atoms with Crippen LogP contribution in [0.25, 0.3) is 0 Å². The molecule has 0 spiro atoms. The van der Waals surface area contributed by atoms with Gasteiger partial charge >= 0.3 is 6.09 Å². The molecule has 1 N–H and O–H groups in total. The zero-order chi connectivity index (χ0) is 16.5. The summed E-state index contributed by atoms with van der Waals surface area (Å²) < 4.78 is 33.2. The Morgan fingerprint density at radius 2 is 1.91 bits per heavy atom. The third-order valence-corrected chi connectivity index (χ3v) is 3.75. The van der Waals surface area contributed by atoms with Crippen LogP contribution >= 0.6 is 0 Å². The Balaban J connectivity index is 2.21. The van der Waals surface area contributed by atoms with Crippen molar-refractivity contribution in [3.05, 3.63) is 35.4 Å². The minimum Gasteiger partial charge on any atom is -0.444 e. The first kappa shape index (κ1) is 16.8. The van der Waals surface area contributed by atoms with Crippen LogP contribution in [-0.2, 0) is 25.5 Å². The summed E-state index contributed by atoms with van der Waals surface area (Å²) in [5.41, 5.74) is 1.18. The Hall–Kier alpha value is -1.60. The van der Waals surface area contributed by atoms with Crippen molar-refractivity contribution < 1.29 is 22.1 Å². The smallest absolute Gasteiger partial charge is 0.408 e. The van der Waals surface area contributed by atoms with Gasteiger partial charge in [-0.15, -0.1) is 0 Å². The lowest BCUT2D eigenvalue weighted by molar-refractivity contribution is 0.0458. The van der Waals surface area contributed by atoms with E-state index < -0.39 is 34.0 Å². The Labute approximate surface area is 130 Å². The lowest BCUT2D eigenvalue weighted by Gasteiger charge is -2.24. The van der Waals surface area contributed by atoms with Crippen molar-refractivity contribution >= 4 is 16.2 Å². The normalized spacial score (nSPS) is 21.3. The van der Waals surface area contributed by atoms with Crippen LogP contribution < -0.4 is 5.32 Å². The Kier molecular flexibility index (Phi) is 4.49. The van der Waals surface area contributed by atoms with Crippen LogP contribution in [0, 0.1) is 0 Å². The van der Waals surface area contributed by atoms with Crippen LogP contribution in [-0.4, -0.2) is 32.5 Å². The molecule has 1 aliphatic rings. The zero-order valence-corrected chi connectivity index (χ0v) is 13.9. The van der Waals surface area contributed by atoms with E-state index in [4.69, 9.17) is 8.92 Å². The van der Waals surface area contributed by atoms with E-state index in [9.17, 15) is 13.2 Å². The molecule has 1 aliphatic carbocycles. The molecule has 7 heteroatoms. The molecular formula is C15H21NO5S. The van der Waals surface area contributed by atoms with Crippen molar-refractivity contribution in [2.24, 2.45) is 0 Å². The summed E-state index contributed by atoms with van der Waals surface area (Å²) in [4.78, 5) is 12.0. The maximum atomic E-state index is 12.0. The van der Waals surface area contributed by atoms with Crippen molar-refractivity contribution in [1.82, 2.24) is 5.32 Å². The molecule has 1 aromatic carbocycles. The molecule has 0 unspecified atom stereocenters. The van der Waals surface area contributed by atoms with Crippen LogP contribution in [0.3, 0.4) is 0 Å². The van der Waals surface area contributed by atoms with Gasteiger partial charge in [0.05, 0.1) is 12.3 Å². The zero-order valence-electron chi connectivity index (χ0n) is 13.1. The van der Waals surface area contributed by atoms with E-state index in [1.165, 1.54) is 0 Å². The molecule has 0 saturated carbocycles. The molecule has 2 rings (SSSR count). The van der Waals surface area contributed by atoms with Gasteiger partial charge in [-0.05, 0) is 31.9 Å². The number of fused-ring (bicyclic) bond motifs is 1. The van der Waals surface area contributed by atoms with Crippen LogP contribution in [0.2, 0.25) is 0 Å². The standard InChI is InChI=1S/C15H21NO5S/c1-15(2,3)20-14(17)16-13-11-8-6-5-7-10(11)9-12(13)21-22(4,18)19/h5-8,12-13H,9H2,1-4H3,(H,16,17)/t12-,13-/m0/s1. The summed E-state index contributed by atoms with van der Waals surface area (Å²) in [6.45, 7) is 5.29. The molecule has 2 atom stereocenters. The van der Waals surface area contributed by atoms with Crippen molar-refractivity contribution in [2.45, 2.75) is 44.9 Å². The quantitative estimate of drug-likeness (QED) is 0.860. The summed E-state index contributed by atoms with van der Waals surface area (Å²) in [6, 6.07) is 6.89. The number of carbonyl (C=O) groups excluding carboxylic acids is 1. The fourth-order valence-corrected chi connectivity index (χ4v) is 3.11. The monoisotopic (exact) mass is 327 g/mol. The average Bonchev–Trinajstić information content (AvgIpc) is 2.63. The summed E-state index contributed by atoms with van der Waals surface area (Å²) in [6.07, 6.45) is 0.153. The summed E-state index contributed by atoms with van der Waals surface area (Å²) in [5.74, 6) is 0. The number of carbonyl (C=O) groups is 1. The van der Waals surface area contributed by atoms with Crippen LogP contribution in [0.4, 0.5) is 4.79 Å². The highest BCUT2D eigenvalue weighted by Crippen LogP contribution is 2.34. The number of hydrogen-bond acceptors (Lipinski definition) is 5. The van der Waals surface area contributed by atoms with E-state index in [1.54, 1.807) is 20.8 Å². The van der Waals surface area contributed by atoms with E-state index in [-0.39, 0.29) is 0 Å². The lowest BCUT2D eigenvalue weighted by Crippen LogP contribution is -2.39. The molecule has 1 amide bonds. The summed E-state index contributed by atoms with van der Waals surface area (Å²) >= 11 is 0. The van der Waals surface area contributed by atoms with Gasteiger partial charge in [-0.25, -0.2) is 4.79 Å². The Morgan fingerprint density at radius 3 is 2.50 bits per heavy atom. The topological polar surface area (TPSA) is 81.7 Å². The molecule has 6 nitrogen and oxygen atoms in total. The predicted octanol–water partition coefficient (Wildman–Crippen LogP) is 2.15. The van der Waals surface area contributed by atoms with Crippen molar-refractivity contribution in [3.8, 4) is 0 Å². The number of hydrogen-bond donors (Lipinski definition) is 1. The molecule has 1 aromatic rings. The molecule has 0 fully saturated rings. The largest absolute Gasteiger partial charge is 0.444 e. The van der Waals surface area contributed by atoms with Gasteiger partial charge in [0.2, 0.25) is 0 Å². The Morgan fingerprint density at radius 1 is 1.27 bits per heavy atom. The number of rotatable bonds is 3. The van der Waals surface area contributed by atoms with Crippen molar-refractivity contribution in [1.29, 1.82) is 0 Å². The van der Waals surface area contributed by atoms with Gasteiger partial charge < -0.3 is 10.1 Å². The molecule has 0 aromatic heterocycles. The van der Waals surface area contributed by atoms with Gasteiger partial charge in [0.1, 0.15) is 11.7 Å². The van der Waals surface area contributed by atoms with Crippen molar-refractivity contribution in [3.63, 3.8) is 0 Å². The first-order valence-corrected chi connectivity index (χ1v) is 8.82. The van der Waals surface area contributed by atoms with Crippen LogP contribution in [0.15, 0.2) is 24.3 Å². The number of nitrogens with one attached hydrogen (secondary N) is 1. The number of ether oxygens (including phenoxy) is 1. The average molecular weight is 327 g/mol. The maximum absolute atomic E-state index is 12.0. The lowest BCUT2D eigenvalue weighted by atomic mass is 10.1. The highest BCUT2D eigenvalue weighted by Gasteiger charge is 2.37. The van der Waals surface area contributed by atoms with Crippen LogP contribution in [0.5, 0.6) is 0 Å². The number of benzene rings is 1. The van der Waals surface area contributed by atoms with Gasteiger partial charge in [0, 0.05) is 6.42 Å². The summed E-state index contributed by atoms with van der Waals surface area (Å²) in [7, 11) is -3.62. The molecule has 0 bridgehead atoms. The first-order chi connectivity index (χ1) is 10.1. The highest BCUT2D eigenvalue weighted by atomic mass is 32.2. The van der Waals surface area contributed by atoms with Gasteiger partial charge in [-0.3, -0.25) is 4.18 Å². The molecule has 0 heterocycles. The van der Waals surface area contributed by atoms with E-state index in [0.29, 0.717) is 6.42 Å². The molecule has 0 saturated heterocycles. The summed E-state index contributed by atoms with van der Waals surface area (Å²) in [5, 5.41) is 2.71. The fraction of sp³-hybridized carbons (Fsp3) is 0.533. The molecule has 0 radical (unpaired) electrons. The van der Waals surface area contributed by atoms with E-state index in [2.05, 4.69) is 5.32 Å². The molecule has 122 valence electrons. The number of amides is 1. The van der Waals surface area contributed by atoms with Gasteiger partial charge in [-0.1, -0.05) is 24.3 Å². The second-order valence-electron chi connectivity index (χ2n) is 6.37. The van der Waals surface area contributed by atoms with E-state index >= 15 is 0 Å². The van der Waals surface area contributed by atoms with E-state index in [0.717, 1.165) is 17.4 Å². The second kappa shape index (κ2) is 5.89. The fourth-order valence-electron chi connectivity index (χ4n) is 2.48. The third-order valence-electron chi connectivity index (χ3n) is 3.15.